The van der Waals surface area contributed by atoms with Gasteiger partial charge in [0.1, 0.15) is 22.8 Å². The van der Waals surface area contributed by atoms with Crippen LogP contribution in [0.5, 0.6) is 11.5 Å². The molecule has 4 N–H and O–H groups in total. The molecule has 0 spiro atoms. The first-order valence-electron chi connectivity index (χ1n) is 13.6. The van der Waals surface area contributed by atoms with E-state index in [2.05, 4.69) is 4.98 Å². The van der Waals surface area contributed by atoms with Crippen LogP contribution in [0.2, 0.25) is 0 Å². The number of aromatic nitrogens is 1. The number of halogens is 1. The molecule has 1 amide bonds. The van der Waals surface area contributed by atoms with Crippen molar-refractivity contribution in [2.24, 2.45) is 5.73 Å². The summed E-state index contributed by atoms with van der Waals surface area (Å²) < 4.78 is 37.0. The van der Waals surface area contributed by atoms with Crippen LogP contribution in [-0.4, -0.2) is 62.2 Å². The van der Waals surface area contributed by atoms with Crippen molar-refractivity contribution in [3.63, 3.8) is 0 Å². The summed E-state index contributed by atoms with van der Waals surface area (Å²) in [4.78, 5) is 54.8. The topological polar surface area (TPSA) is 199 Å². The fourth-order valence-corrected chi connectivity index (χ4v) is 3.53. The molecule has 2 aromatic rings. The number of ether oxygens (including phenoxy) is 4. The minimum atomic E-state index is -1.35. The van der Waals surface area contributed by atoms with E-state index in [4.69, 9.17) is 30.4 Å². The zero-order chi connectivity index (χ0) is 33.8. The van der Waals surface area contributed by atoms with Crippen LogP contribution >= 0.6 is 0 Å². The molecular formula is C29H40FN5O9. The fourth-order valence-electron chi connectivity index (χ4n) is 3.53. The Morgan fingerprint density at radius 1 is 1.00 bits per heavy atom. The zero-order valence-electron chi connectivity index (χ0n) is 26.3. The molecule has 14 nitrogen and oxygen atoms in total. The molecule has 0 bridgehead atoms. The van der Waals surface area contributed by atoms with Crippen molar-refractivity contribution in [1.82, 2.24) is 9.88 Å². The summed E-state index contributed by atoms with van der Waals surface area (Å²) in [5, 5.41) is 11.1. The van der Waals surface area contributed by atoms with Gasteiger partial charge in [0.25, 0.3) is 5.69 Å². The number of rotatable bonds is 9. The van der Waals surface area contributed by atoms with Gasteiger partial charge in [-0.2, -0.15) is 0 Å². The molecule has 44 heavy (non-hydrogen) atoms. The number of hydrogen-bond donors (Lipinski definition) is 2. The third kappa shape index (κ3) is 10.6. The number of nitrogens with zero attached hydrogens (tertiary/aromatic N) is 3. The maximum Gasteiger partial charge on any atom is 0.410 e. The first kappa shape index (κ1) is 35.7. The van der Waals surface area contributed by atoms with Gasteiger partial charge in [0.15, 0.2) is 23.0 Å². The number of nitro benzene ring substituents is 1. The highest BCUT2D eigenvalue weighted by Crippen LogP contribution is 2.36. The summed E-state index contributed by atoms with van der Waals surface area (Å²) in [5.41, 5.74) is 8.28. The van der Waals surface area contributed by atoms with Gasteiger partial charge in [-0.15, -0.1) is 0 Å². The summed E-state index contributed by atoms with van der Waals surface area (Å²) in [6, 6.07) is 1.32. The maximum atomic E-state index is 14.9. The number of nitrogens with two attached hydrogens (primary N) is 2. The highest BCUT2D eigenvalue weighted by Gasteiger charge is 2.33. The summed E-state index contributed by atoms with van der Waals surface area (Å²) in [6.45, 7) is 13.7. The molecule has 0 aliphatic rings. The fraction of sp³-hybridized carbons (Fsp3) is 0.517. The minimum absolute atomic E-state index is 0.140. The van der Waals surface area contributed by atoms with Gasteiger partial charge in [-0.1, -0.05) is 0 Å². The molecule has 15 heteroatoms. The minimum Gasteiger partial charge on any atom is -0.459 e. The van der Waals surface area contributed by atoms with Crippen LogP contribution in [0.25, 0.3) is 0 Å². The van der Waals surface area contributed by atoms with Crippen LogP contribution in [0.4, 0.5) is 20.6 Å². The predicted molar refractivity (Wildman–Crippen MR) is 157 cm³/mol. The van der Waals surface area contributed by atoms with Gasteiger partial charge in [0.05, 0.1) is 36.0 Å². The van der Waals surface area contributed by atoms with Gasteiger partial charge in [-0.3, -0.25) is 14.9 Å². The van der Waals surface area contributed by atoms with Gasteiger partial charge >= 0.3 is 18.0 Å². The second-order valence-corrected chi connectivity index (χ2v) is 12.8. The molecule has 1 aromatic heterocycles. The van der Waals surface area contributed by atoms with Crippen molar-refractivity contribution in [2.75, 3.05) is 12.3 Å². The van der Waals surface area contributed by atoms with E-state index in [1.165, 1.54) is 0 Å². The molecule has 0 radical (unpaired) electrons. The number of pyridine rings is 1. The number of esters is 2. The van der Waals surface area contributed by atoms with Crippen LogP contribution < -0.4 is 16.2 Å². The molecule has 2 rings (SSSR count). The van der Waals surface area contributed by atoms with Crippen molar-refractivity contribution < 1.29 is 42.6 Å². The Morgan fingerprint density at radius 2 is 1.57 bits per heavy atom. The van der Waals surface area contributed by atoms with E-state index >= 15 is 0 Å². The van der Waals surface area contributed by atoms with Crippen LogP contribution in [-0.2, 0) is 25.5 Å². The zero-order valence-corrected chi connectivity index (χ0v) is 26.3. The number of carbonyl (C=O) groups is 3. The average molecular weight is 622 g/mol. The summed E-state index contributed by atoms with van der Waals surface area (Å²) >= 11 is 0. The van der Waals surface area contributed by atoms with Crippen molar-refractivity contribution in [3.05, 3.63) is 51.6 Å². The number of hydrogen-bond acceptors (Lipinski definition) is 12. The molecule has 0 saturated heterocycles. The Balaban J connectivity index is 2.71. The van der Waals surface area contributed by atoms with Crippen LogP contribution in [0.1, 0.15) is 78.4 Å². The number of nitrogen functional groups attached to an aromatic ring is 1. The highest BCUT2D eigenvalue weighted by molar-refractivity contribution is 5.91. The SMILES string of the molecule is CC(C)(C)OC(=O)c1ncc(N)c(Oc2ccc([N+](=O)[O-])cc2F)c1CN(CC(N)C(=O)OC(C)(C)C)C(=O)OC(C)(C)C. The van der Waals surface area contributed by atoms with E-state index in [-0.39, 0.29) is 22.7 Å². The van der Waals surface area contributed by atoms with Crippen molar-refractivity contribution in [1.29, 1.82) is 0 Å². The second-order valence-electron chi connectivity index (χ2n) is 12.8. The third-order valence-corrected chi connectivity index (χ3v) is 5.21. The Bertz CT molecular complexity index is 1410. The van der Waals surface area contributed by atoms with E-state index in [0.717, 1.165) is 23.2 Å². The summed E-state index contributed by atoms with van der Waals surface area (Å²) in [5.74, 6) is -3.61. The van der Waals surface area contributed by atoms with E-state index in [1.807, 2.05) is 0 Å². The third-order valence-electron chi connectivity index (χ3n) is 5.21. The lowest BCUT2D eigenvalue weighted by Gasteiger charge is -2.31. The summed E-state index contributed by atoms with van der Waals surface area (Å²) in [7, 11) is 0. The lowest BCUT2D eigenvalue weighted by atomic mass is 10.1. The van der Waals surface area contributed by atoms with E-state index in [9.17, 15) is 28.9 Å². The van der Waals surface area contributed by atoms with Gasteiger partial charge in [-0.25, -0.2) is 19.0 Å². The first-order chi connectivity index (χ1) is 20.0. The average Bonchev–Trinajstić information content (AvgIpc) is 2.83. The molecule has 1 unspecified atom stereocenters. The molecule has 0 aliphatic heterocycles. The largest absolute Gasteiger partial charge is 0.459 e. The van der Waals surface area contributed by atoms with Crippen molar-refractivity contribution in [3.8, 4) is 11.5 Å². The Labute approximate surface area is 254 Å². The number of non-ortho nitro benzene ring substituents is 1. The molecule has 242 valence electrons. The van der Waals surface area contributed by atoms with Gasteiger partial charge in [0.2, 0.25) is 0 Å². The van der Waals surface area contributed by atoms with E-state index in [1.54, 1.807) is 62.3 Å². The number of anilines is 1. The van der Waals surface area contributed by atoms with Gasteiger partial charge in [-0.05, 0) is 68.4 Å². The highest BCUT2D eigenvalue weighted by atomic mass is 19.1. The number of amides is 1. The normalized spacial score (nSPS) is 12.6. The quantitative estimate of drug-likeness (QED) is 0.167. The molecule has 0 aliphatic carbocycles. The molecular weight excluding hydrogens is 581 g/mol. The lowest BCUT2D eigenvalue weighted by molar-refractivity contribution is -0.385. The number of nitro groups is 1. The van der Waals surface area contributed by atoms with Crippen molar-refractivity contribution >= 4 is 29.4 Å². The molecule has 0 fully saturated rings. The maximum absolute atomic E-state index is 14.9. The number of carbonyl (C=O) groups excluding carboxylic acids is 3. The standard InChI is InChI=1S/C29H40FN5O9/c1-27(2,3)42-24(36)20(32)15-34(26(38)44-29(7,8)9)14-17-22(25(37)43-28(4,5)6)33-13-19(31)23(17)41-21-11-10-16(35(39)40)12-18(21)30/h10-13,20H,14-15,31-32H2,1-9H3. The molecule has 0 saturated carbocycles. The van der Waals surface area contributed by atoms with E-state index in [0.29, 0.717) is 6.07 Å². The smallest absolute Gasteiger partial charge is 0.410 e. The molecule has 1 heterocycles. The monoisotopic (exact) mass is 621 g/mol. The van der Waals surface area contributed by atoms with E-state index < -0.39 is 76.1 Å². The van der Waals surface area contributed by atoms with Gasteiger partial charge in [0, 0.05) is 11.6 Å². The first-order valence-corrected chi connectivity index (χ1v) is 13.6. The second kappa shape index (κ2) is 13.4. The van der Waals surface area contributed by atoms with Crippen LogP contribution in [0.3, 0.4) is 0 Å². The lowest BCUT2D eigenvalue weighted by Crippen LogP contribution is -2.48. The molecule has 1 aromatic carbocycles. The molecule has 1 atom stereocenters. The number of benzene rings is 1. The Morgan fingerprint density at radius 3 is 2.07 bits per heavy atom. The Kier molecular flexibility index (Phi) is 10.9. The Hall–Kier alpha value is -4.53. The summed E-state index contributed by atoms with van der Waals surface area (Å²) in [6.07, 6.45) is 0.146. The van der Waals surface area contributed by atoms with Gasteiger partial charge < -0.3 is 35.3 Å². The van der Waals surface area contributed by atoms with Crippen molar-refractivity contribution in [2.45, 2.75) is 91.7 Å². The van der Waals surface area contributed by atoms with Crippen LogP contribution in [0.15, 0.2) is 24.4 Å². The predicted octanol–water partition coefficient (Wildman–Crippen LogP) is 4.86. The van der Waals surface area contributed by atoms with Crippen LogP contribution in [0, 0.1) is 15.9 Å².